The largest absolute Gasteiger partial charge is 0.509 e. The molecule has 0 amide bonds. The molecular weight excluding hydrogens is 491 g/mol. The molecule has 11 atom stereocenters. The topological polar surface area (TPSA) is 110 Å². The van der Waals surface area contributed by atoms with E-state index in [1.54, 1.807) is 26.8 Å². The van der Waals surface area contributed by atoms with Gasteiger partial charge >= 0.3 is 12.1 Å². The number of alkyl halides is 1. The number of carboxylic acids is 1. The zero-order valence-electron chi connectivity index (χ0n) is 23.0. The van der Waals surface area contributed by atoms with Crippen molar-refractivity contribution in [2.24, 2.45) is 40.4 Å². The summed E-state index contributed by atoms with van der Waals surface area (Å²) in [5.41, 5.74) is -5.81. The van der Waals surface area contributed by atoms with Gasteiger partial charge in [-0.2, -0.15) is 0 Å². The van der Waals surface area contributed by atoms with Crippen molar-refractivity contribution in [2.75, 3.05) is 0 Å². The average molecular weight is 533 g/mol. The Morgan fingerprint density at radius 1 is 1.08 bits per heavy atom. The van der Waals surface area contributed by atoms with E-state index in [9.17, 15) is 24.6 Å². The highest BCUT2D eigenvalue weighted by atomic mass is 19.1. The molecule has 38 heavy (non-hydrogen) atoms. The lowest BCUT2D eigenvalue weighted by atomic mass is 9.43. The molecule has 5 aliphatic rings. The smallest absolute Gasteiger partial charge is 0.478 e. The van der Waals surface area contributed by atoms with Gasteiger partial charge in [-0.1, -0.05) is 45.8 Å². The van der Waals surface area contributed by atoms with Gasteiger partial charge in [-0.05, 0) is 75.4 Å². The number of carboxylic acid groups (broad SMARTS) is 1. The number of allylic oxidation sites excluding steroid dienone is 4. The SMILES string of the molecule is C[C@@H]1CCCC[C@@H]1OC(=O)O[C@]1(C(=O)O)[C@H](C)C[C@H]2[C@@H]3C[C@H](C)C4=CC(=O)C=CC4(C)[C@@]3(F)C(O)C[C@@]21C. The monoisotopic (exact) mass is 532 g/mol. The van der Waals surface area contributed by atoms with Crippen LogP contribution in [0.3, 0.4) is 0 Å². The lowest BCUT2D eigenvalue weighted by Crippen LogP contribution is -2.70. The number of hydrogen-bond donors (Lipinski definition) is 2. The standard InChI is InChI=1S/C30H41FO7/c1-16-8-6-7-9-23(16)37-26(36)38-30(25(34)35)18(3)13-21-22-12-17(2)20-14-19(32)10-11-27(20,4)29(22,31)24(33)15-28(21,30)5/h10-11,14,16-18,21-24,33H,6-9,12-13,15H2,1-5H3,(H,34,35)/t16-,17+,18-,21+,22+,23+,24?,27?,28+,29+,30+/m1/s1. The summed E-state index contributed by atoms with van der Waals surface area (Å²) in [4.78, 5) is 38.4. The van der Waals surface area contributed by atoms with Crippen LogP contribution in [0.2, 0.25) is 0 Å². The summed E-state index contributed by atoms with van der Waals surface area (Å²) in [6.07, 6.45) is 5.73. The number of aliphatic carboxylic acids is 1. The van der Waals surface area contributed by atoms with Gasteiger partial charge in [0.1, 0.15) is 6.10 Å². The molecule has 4 fully saturated rings. The molecule has 0 heterocycles. The molecule has 0 aliphatic heterocycles. The van der Waals surface area contributed by atoms with E-state index in [0.717, 1.165) is 19.3 Å². The number of fused-ring (bicyclic) bond motifs is 5. The number of halogens is 1. The zero-order chi connectivity index (χ0) is 27.8. The highest BCUT2D eigenvalue weighted by molar-refractivity contribution is 6.01. The number of aliphatic hydroxyl groups is 1. The molecule has 0 radical (unpaired) electrons. The molecule has 0 spiro atoms. The molecule has 0 saturated heterocycles. The first-order chi connectivity index (χ1) is 17.7. The summed E-state index contributed by atoms with van der Waals surface area (Å²) in [5, 5.41) is 22.2. The Bertz CT molecular complexity index is 1100. The molecule has 0 aromatic carbocycles. The predicted octanol–water partition coefficient (Wildman–Crippen LogP) is 5.40. The number of aliphatic hydroxyl groups excluding tert-OH is 1. The number of ketones is 1. The number of ether oxygens (including phenoxy) is 2. The van der Waals surface area contributed by atoms with E-state index in [1.807, 2.05) is 13.8 Å². The number of rotatable bonds is 3. The van der Waals surface area contributed by atoms with Crippen molar-refractivity contribution < 1.29 is 38.5 Å². The normalized spacial score (nSPS) is 49.8. The highest BCUT2D eigenvalue weighted by Crippen LogP contribution is 2.72. The summed E-state index contributed by atoms with van der Waals surface area (Å²) in [5.74, 6) is -3.23. The van der Waals surface area contributed by atoms with E-state index < -0.39 is 58.1 Å². The van der Waals surface area contributed by atoms with Gasteiger partial charge in [0.25, 0.3) is 0 Å². The summed E-state index contributed by atoms with van der Waals surface area (Å²) in [6, 6.07) is 0. The second-order valence-electron chi connectivity index (χ2n) is 13.2. The third-order valence-corrected chi connectivity index (χ3v) is 11.4. The fourth-order valence-electron chi connectivity index (χ4n) is 9.37. The zero-order valence-corrected chi connectivity index (χ0v) is 23.0. The summed E-state index contributed by atoms with van der Waals surface area (Å²) in [7, 11) is 0. The van der Waals surface area contributed by atoms with E-state index >= 15 is 4.39 Å². The molecule has 2 N–H and O–H groups in total. The summed E-state index contributed by atoms with van der Waals surface area (Å²) >= 11 is 0. The lowest BCUT2D eigenvalue weighted by Gasteiger charge is -2.63. The minimum absolute atomic E-state index is 0.133. The van der Waals surface area contributed by atoms with Crippen molar-refractivity contribution in [2.45, 2.75) is 103 Å². The molecule has 0 bridgehead atoms. The first kappa shape index (κ1) is 27.4. The van der Waals surface area contributed by atoms with E-state index in [4.69, 9.17) is 9.47 Å². The first-order valence-electron chi connectivity index (χ1n) is 14.2. The van der Waals surface area contributed by atoms with Crippen LogP contribution in [0, 0.1) is 40.4 Å². The third-order valence-electron chi connectivity index (χ3n) is 11.4. The number of carbonyl (C=O) groups excluding carboxylic acids is 2. The lowest BCUT2D eigenvalue weighted by molar-refractivity contribution is -0.231. The van der Waals surface area contributed by atoms with Gasteiger partial charge in [0.15, 0.2) is 11.5 Å². The van der Waals surface area contributed by atoms with Gasteiger partial charge in [-0.25, -0.2) is 14.0 Å². The second kappa shape index (κ2) is 8.90. The van der Waals surface area contributed by atoms with Crippen molar-refractivity contribution >= 4 is 17.9 Å². The Kier molecular flexibility index (Phi) is 6.41. The van der Waals surface area contributed by atoms with Gasteiger partial charge in [-0.15, -0.1) is 0 Å². The molecular formula is C30H41FO7. The van der Waals surface area contributed by atoms with Crippen molar-refractivity contribution in [3.63, 3.8) is 0 Å². The van der Waals surface area contributed by atoms with Crippen LogP contribution < -0.4 is 0 Å². The van der Waals surface area contributed by atoms with Crippen molar-refractivity contribution in [1.29, 1.82) is 0 Å². The molecule has 8 heteroatoms. The van der Waals surface area contributed by atoms with Crippen LogP contribution in [0.15, 0.2) is 23.8 Å². The predicted molar refractivity (Wildman–Crippen MR) is 137 cm³/mol. The number of carbonyl (C=O) groups is 3. The molecule has 4 saturated carbocycles. The molecule has 5 rings (SSSR count). The minimum atomic E-state index is -2.10. The Morgan fingerprint density at radius 3 is 2.42 bits per heavy atom. The molecule has 0 aromatic rings. The van der Waals surface area contributed by atoms with Gasteiger partial charge < -0.3 is 19.7 Å². The van der Waals surface area contributed by atoms with E-state index in [0.29, 0.717) is 24.8 Å². The maximum absolute atomic E-state index is 17.5. The Balaban J connectivity index is 1.52. The first-order valence-corrected chi connectivity index (χ1v) is 14.2. The van der Waals surface area contributed by atoms with Crippen LogP contribution in [-0.4, -0.2) is 51.6 Å². The molecule has 7 nitrogen and oxygen atoms in total. The van der Waals surface area contributed by atoms with Crippen LogP contribution in [0.5, 0.6) is 0 Å². The Labute approximate surface area is 223 Å². The van der Waals surface area contributed by atoms with Gasteiger partial charge in [-0.3, -0.25) is 4.79 Å². The van der Waals surface area contributed by atoms with Crippen LogP contribution in [0.25, 0.3) is 0 Å². The second-order valence-corrected chi connectivity index (χ2v) is 13.2. The van der Waals surface area contributed by atoms with Gasteiger partial charge in [0, 0.05) is 22.7 Å². The van der Waals surface area contributed by atoms with Crippen molar-refractivity contribution in [3.8, 4) is 0 Å². The Morgan fingerprint density at radius 2 is 1.76 bits per heavy atom. The quantitative estimate of drug-likeness (QED) is 0.468. The molecule has 5 aliphatic carbocycles. The minimum Gasteiger partial charge on any atom is -0.478 e. The van der Waals surface area contributed by atoms with E-state index in [1.165, 1.54) is 12.2 Å². The average Bonchev–Trinajstić information content (AvgIpc) is 3.06. The summed E-state index contributed by atoms with van der Waals surface area (Å²) in [6.45, 7) is 9.17. The van der Waals surface area contributed by atoms with Gasteiger partial charge in [0.05, 0.1) is 6.10 Å². The van der Waals surface area contributed by atoms with Crippen LogP contribution >= 0.6 is 0 Å². The van der Waals surface area contributed by atoms with Crippen LogP contribution in [0.1, 0.15) is 79.6 Å². The maximum atomic E-state index is 17.5. The fourth-order valence-corrected chi connectivity index (χ4v) is 9.37. The van der Waals surface area contributed by atoms with Crippen LogP contribution in [-0.2, 0) is 19.1 Å². The van der Waals surface area contributed by atoms with Crippen molar-refractivity contribution in [1.82, 2.24) is 0 Å². The molecule has 2 unspecified atom stereocenters. The maximum Gasteiger partial charge on any atom is 0.509 e. The highest BCUT2D eigenvalue weighted by Gasteiger charge is 2.78. The summed E-state index contributed by atoms with van der Waals surface area (Å²) < 4.78 is 29.0. The van der Waals surface area contributed by atoms with Crippen molar-refractivity contribution in [3.05, 3.63) is 23.8 Å². The van der Waals surface area contributed by atoms with Gasteiger partial charge in [0.2, 0.25) is 5.60 Å². The fraction of sp³-hybridized carbons (Fsp3) is 0.767. The third kappa shape index (κ3) is 3.44. The van der Waals surface area contributed by atoms with E-state index in [-0.39, 0.29) is 30.1 Å². The van der Waals surface area contributed by atoms with E-state index in [2.05, 4.69) is 0 Å². The molecule has 210 valence electrons. The van der Waals surface area contributed by atoms with Crippen LogP contribution in [0.4, 0.5) is 9.18 Å². The Hall–Kier alpha value is -2.22. The molecule has 0 aromatic heterocycles. The number of hydrogen-bond acceptors (Lipinski definition) is 6.